The van der Waals surface area contributed by atoms with E-state index in [1.54, 1.807) is 7.11 Å². The number of methoxy groups -OCH3 is 1. The van der Waals surface area contributed by atoms with E-state index >= 15 is 0 Å². The molecule has 5 heteroatoms. The topological polar surface area (TPSA) is 38.3 Å². The predicted octanol–water partition coefficient (Wildman–Crippen LogP) is 4.24. The summed E-state index contributed by atoms with van der Waals surface area (Å²) < 4.78 is 18.7. The maximum Gasteiger partial charge on any atom is 0.255 e. The zero-order valence-corrected chi connectivity index (χ0v) is 13.7. The quantitative estimate of drug-likeness (QED) is 0.768. The van der Waals surface area contributed by atoms with Gasteiger partial charge in [0.2, 0.25) is 0 Å². The number of carbonyl (C=O) groups is 1. The molecule has 0 aromatic heterocycles. The number of hydrogen-bond acceptors (Lipinski definition) is 2. The van der Waals surface area contributed by atoms with E-state index in [1.807, 2.05) is 24.3 Å². The number of ether oxygens (including phenoxy) is 1. The molecule has 1 amide bonds. The summed E-state index contributed by atoms with van der Waals surface area (Å²) in [4.78, 5) is 11.9. The average molecular weight is 336 g/mol. The van der Waals surface area contributed by atoms with Crippen molar-refractivity contribution in [1.82, 2.24) is 5.32 Å². The largest absolute Gasteiger partial charge is 0.497 e. The van der Waals surface area contributed by atoms with Crippen LogP contribution in [0.4, 0.5) is 4.39 Å². The monoisotopic (exact) mass is 335 g/mol. The van der Waals surface area contributed by atoms with Crippen LogP contribution in [0.3, 0.4) is 0 Å². The Labute approximate surface area is 140 Å². The average Bonchev–Trinajstić information content (AvgIpc) is 2.55. The number of unbranched alkanes of at least 4 members (excludes halogenated alkanes) is 1. The van der Waals surface area contributed by atoms with Gasteiger partial charge in [0.05, 0.1) is 17.7 Å². The highest BCUT2D eigenvalue weighted by Gasteiger charge is 2.14. The number of benzene rings is 2. The van der Waals surface area contributed by atoms with Crippen LogP contribution in [-0.2, 0) is 6.42 Å². The molecule has 0 atom stereocenters. The third-order valence-electron chi connectivity index (χ3n) is 3.53. The summed E-state index contributed by atoms with van der Waals surface area (Å²) >= 11 is 5.86. The van der Waals surface area contributed by atoms with Crippen molar-refractivity contribution in [3.63, 3.8) is 0 Å². The summed E-state index contributed by atoms with van der Waals surface area (Å²) in [6.45, 7) is 0.486. The first-order valence-electron chi connectivity index (χ1n) is 7.47. The van der Waals surface area contributed by atoms with Gasteiger partial charge in [-0.25, -0.2) is 4.39 Å². The van der Waals surface area contributed by atoms with E-state index in [9.17, 15) is 9.18 Å². The van der Waals surface area contributed by atoms with Gasteiger partial charge >= 0.3 is 0 Å². The Morgan fingerprint density at radius 2 is 1.91 bits per heavy atom. The Kier molecular flexibility index (Phi) is 6.41. The summed E-state index contributed by atoms with van der Waals surface area (Å²) in [6, 6.07) is 12.1. The number of aryl methyl sites for hydroxylation is 1. The molecule has 1 N–H and O–H groups in total. The van der Waals surface area contributed by atoms with Gasteiger partial charge in [0.15, 0.2) is 0 Å². The molecular weight excluding hydrogens is 317 g/mol. The fourth-order valence-corrected chi connectivity index (χ4v) is 2.50. The van der Waals surface area contributed by atoms with E-state index in [4.69, 9.17) is 16.3 Å². The van der Waals surface area contributed by atoms with E-state index < -0.39 is 11.7 Å². The van der Waals surface area contributed by atoms with Crippen molar-refractivity contribution in [2.45, 2.75) is 19.3 Å². The zero-order valence-electron chi connectivity index (χ0n) is 12.9. The van der Waals surface area contributed by atoms with Crippen LogP contribution >= 0.6 is 11.6 Å². The smallest absolute Gasteiger partial charge is 0.255 e. The Morgan fingerprint density at radius 1 is 1.17 bits per heavy atom. The van der Waals surface area contributed by atoms with Crippen molar-refractivity contribution in [3.05, 3.63) is 64.4 Å². The van der Waals surface area contributed by atoms with Crippen molar-refractivity contribution in [1.29, 1.82) is 0 Å². The molecule has 0 aliphatic carbocycles. The lowest BCUT2D eigenvalue weighted by Crippen LogP contribution is -2.25. The van der Waals surface area contributed by atoms with Gasteiger partial charge in [-0.15, -0.1) is 0 Å². The molecule has 0 bridgehead atoms. The van der Waals surface area contributed by atoms with Crippen LogP contribution in [0, 0.1) is 5.82 Å². The standard InChI is InChI=1S/C18H19ClFNO2/c1-23-14-10-8-13(9-11-14)5-2-3-12-21-18(22)17-15(19)6-4-7-16(17)20/h4,6-11H,2-3,5,12H2,1H3,(H,21,22). The molecule has 0 aliphatic rings. The summed E-state index contributed by atoms with van der Waals surface area (Å²) in [7, 11) is 1.64. The number of halogens is 2. The lowest BCUT2D eigenvalue weighted by atomic mass is 10.1. The number of rotatable bonds is 7. The number of amides is 1. The van der Waals surface area contributed by atoms with Crippen LogP contribution in [0.15, 0.2) is 42.5 Å². The van der Waals surface area contributed by atoms with Gasteiger partial charge in [-0.2, -0.15) is 0 Å². The van der Waals surface area contributed by atoms with Gasteiger partial charge in [0, 0.05) is 6.54 Å². The van der Waals surface area contributed by atoms with E-state index in [0.29, 0.717) is 6.54 Å². The van der Waals surface area contributed by atoms with Crippen molar-refractivity contribution >= 4 is 17.5 Å². The Hall–Kier alpha value is -2.07. The van der Waals surface area contributed by atoms with Gasteiger partial charge in [-0.05, 0) is 49.1 Å². The summed E-state index contributed by atoms with van der Waals surface area (Å²) in [5.41, 5.74) is 1.12. The van der Waals surface area contributed by atoms with E-state index in [2.05, 4.69) is 5.32 Å². The van der Waals surface area contributed by atoms with Crippen molar-refractivity contribution in [2.75, 3.05) is 13.7 Å². The van der Waals surface area contributed by atoms with E-state index in [0.717, 1.165) is 25.0 Å². The summed E-state index contributed by atoms with van der Waals surface area (Å²) in [6.07, 6.45) is 2.65. The first kappa shape index (κ1) is 17.3. The van der Waals surface area contributed by atoms with Gasteiger partial charge in [-0.1, -0.05) is 29.8 Å². The molecule has 0 spiro atoms. The fraction of sp³-hybridized carbons (Fsp3) is 0.278. The molecule has 2 rings (SSSR count). The molecule has 0 unspecified atom stereocenters. The van der Waals surface area contributed by atoms with Crippen molar-refractivity contribution < 1.29 is 13.9 Å². The van der Waals surface area contributed by atoms with Crippen molar-refractivity contribution in [2.24, 2.45) is 0 Å². The molecular formula is C18H19ClFNO2. The SMILES string of the molecule is COc1ccc(CCCCNC(=O)c2c(F)cccc2Cl)cc1. The second-order valence-electron chi connectivity index (χ2n) is 5.16. The minimum Gasteiger partial charge on any atom is -0.497 e. The van der Waals surface area contributed by atoms with Crippen LogP contribution in [-0.4, -0.2) is 19.6 Å². The first-order chi connectivity index (χ1) is 11.1. The van der Waals surface area contributed by atoms with E-state index in [1.165, 1.54) is 23.8 Å². The highest BCUT2D eigenvalue weighted by atomic mass is 35.5. The fourth-order valence-electron chi connectivity index (χ4n) is 2.25. The number of carbonyl (C=O) groups excluding carboxylic acids is 1. The number of nitrogens with one attached hydrogen (secondary N) is 1. The summed E-state index contributed by atoms with van der Waals surface area (Å²) in [5, 5.41) is 2.83. The van der Waals surface area contributed by atoms with Gasteiger partial charge < -0.3 is 10.1 Å². The van der Waals surface area contributed by atoms with Crippen LogP contribution in [0.2, 0.25) is 5.02 Å². The minimum absolute atomic E-state index is 0.0932. The maximum absolute atomic E-state index is 13.6. The molecule has 2 aromatic carbocycles. The third-order valence-corrected chi connectivity index (χ3v) is 3.84. The third kappa shape index (κ3) is 4.96. The second kappa shape index (κ2) is 8.53. The Morgan fingerprint density at radius 3 is 2.57 bits per heavy atom. The van der Waals surface area contributed by atoms with Crippen molar-refractivity contribution in [3.8, 4) is 5.75 Å². The summed E-state index contributed by atoms with van der Waals surface area (Å²) in [5.74, 6) is -0.242. The van der Waals surface area contributed by atoms with E-state index in [-0.39, 0.29) is 10.6 Å². The first-order valence-corrected chi connectivity index (χ1v) is 7.84. The van der Waals surface area contributed by atoms with Gasteiger partial charge in [0.1, 0.15) is 11.6 Å². The maximum atomic E-state index is 13.6. The molecule has 0 heterocycles. The highest BCUT2D eigenvalue weighted by molar-refractivity contribution is 6.33. The molecule has 0 saturated heterocycles. The lowest BCUT2D eigenvalue weighted by molar-refractivity contribution is 0.0949. The molecule has 0 radical (unpaired) electrons. The molecule has 0 saturated carbocycles. The van der Waals surface area contributed by atoms with Crippen LogP contribution < -0.4 is 10.1 Å². The minimum atomic E-state index is -0.603. The Bertz CT molecular complexity index is 638. The molecule has 0 fully saturated rings. The second-order valence-corrected chi connectivity index (χ2v) is 5.56. The molecule has 3 nitrogen and oxygen atoms in total. The molecule has 0 aliphatic heterocycles. The van der Waals surface area contributed by atoms with Crippen LogP contribution in [0.25, 0.3) is 0 Å². The Balaban J connectivity index is 1.73. The number of hydrogen-bond donors (Lipinski definition) is 1. The normalized spacial score (nSPS) is 10.4. The highest BCUT2D eigenvalue weighted by Crippen LogP contribution is 2.18. The molecule has 122 valence electrons. The molecule has 23 heavy (non-hydrogen) atoms. The zero-order chi connectivity index (χ0) is 16.7. The predicted molar refractivity (Wildman–Crippen MR) is 89.7 cm³/mol. The lowest BCUT2D eigenvalue weighted by Gasteiger charge is -2.08. The molecule has 2 aromatic rings. The van der Waals surface area contributed by atoms with Gasteiger partial charge in [0.25, 0.3) is 5.91 Å². The van der Waals surface area contributed by atoms with Crippen LogP contribution in [0.1, 0.15) is 28.8 Å². The van der Waals surface area contributed by atoms with Crippen LogP contribution in [0.5, 0.6) is 5.75 Å². The van der Waals surface area contributed by atoms with Gasteiger partial charge in [-0.3, -0.25) is 4.79 Å².